The van der Waals surface area contributed by atoms with Crippen LogP contribution < -0.4 is 10.6 Å². The number of morpholine rings is 1. The van der Waals surface area contributed by atoms with Crippen molar-refractivity contribution in [2.24, 2.45) is 0 Å². The van der Waals surface area contributed by atoms with Crippen LogP contribution in [0.1, 0.15) is 33.1 Å². The molecule has 5 nitrogen and oxygen atoms in total. The highest BCUT2D eigenvalue weighted by atomic mass is 35.5. The quantitative estimate of drug-likeness (QED) is 0.806. The minimum atomic E-state index is -0.00585. The molecule has 0 bridgehead atoms. The van der Waals surface area contributed by atoms with Crippen molar-refractivity contribution >= 4 is 30.7 Å². The van der Waals surface area contributed by atoms with Gasteiger partial charge in [-0.3, -0.25) is 9.69 Å². The van der Waals surface area contributed by atoms with Gasteiger partial charge in [0.2, 0.25) is 5.91 Å². The van der Waals surface area contributed by atoms with Gasteiger partial charge in [0.1, 0.15) is 0 Å². The van der Waals surface area contributed by atoms with Gasteiger partial charge in [-0.05, 0) is 33.2 Å². The highest BCUT2D eigenvalue weighted by molar-refractivity contribution is 5.85. The molecule has 21 heavy (non-hydrogen) atoms. The number of nitrogens with one attached hydrogen (secondary N) is 2. The van der Waals surface area contributed by atoms with Crippen LogP contribution in [0.2, 0.25) is 0 Å². The van der Waals surface area contributed by atoms with Crippen molar-refractivity contribution in [3.05, 3.63) is 0 Å². The van der Waals surface area contributed by atoms with E-state index in [-0.39, 0.29) is 42.3 Å². The van der Waals surface area contributed by atoms with Crippen LogP contribution in [0.15, 0.2) is 0 Å². The van der Waals surface area contributed by atoms with Crippen LogP contribution in [0.5, 0.6) is 0 Å². The molecule has 2 saturated heterocycles. The molecular weight excluding hydrogens is 313 g/mol. The van der Waals surface area contributed by atoms with Crippen molar-refractivity contribution in [1.29, 1.82) is 0 Å². The van der Waals surface area contributed by atoms with Crippen LogP contribution in [0.3, 0.4) is 0 Å². The molecule has 126 valence electrons. The fraction of sp³-hybridized carbons (Fsp3) is 0.929. The number of ether oxygens (including phenoxy) is 1. The SMILES string of the molecule is CC(C)(CNC(=O)[C@H]1CCCCN1)N1CCOCC1.Cl.Cl. The maximum Gasteiger partial charge on any atom is 0.237 e. The fourth-order valence-corrected chi connectivity index (χ4v) is 2.78. The molecule has 0 radical (unpaired) electrons. The van der Waals surface area contributed by atoms with E-state index in [4.69, 9.17) is 4.74 Å². The third-order valence-corrected chi connectivity index (χ3v) is 4.19. The molecule has 2 heterocycles. The number of halogens is 2. The molecule has 0 aliphatic carbocycles. The van der Waals surface area contributed by atoms with E-state index in [1.807, 2.05) is 0 Å². The predicted molar refractivity (Wildman–Crippen MR) is 89.6 cm³/mol. The smallest absolute Gasteiger partial charge is 0.237 e. The summed E-state index contributed by atoms with van der Waals surface area (Å²) in [5, 5.41) is 6.40. The minimum Gasteiger partial charge on any atom is -0.379 e. The Bertz CT molecular complexity index is 305. The van der Waals surface area contributed by atoms with Crippen molar-refractivity contribution in [2.75, 3.05) is 39.4 Å². The molecular formula is C14H29Cl2N3O2. The second kappa shape index (κ2) is 9.85. The summed E-state index contributed by atoms with van der Waals surface area (Å²) in [5.74, 6) is 0.154. The van der Waals surface area contributed by atoms with Crippen molar-refractivity contribution in [2.45, 2.75) is 44.7 Å². The molecule has 2 N–H and O–H groups in total. The number of nitrogens with zero attached hydrogens (tertiary/aromatic N) is 1. The summed E-state index contributed by atoms with van der Waals surface area (Å²) < 4.78 is 5.38. The van der Waals surface area contributed by atoms with Gasteiger partial charge < -0.3 is 15.4 Å². The lowest BCUT2D eigenvalue weighted by molar-refractivity contribution is -0.124. The summed E-state index contributed by atoms with van der Waals surface area (Å²) in [6.45, 7) is 9.52. The predicted octanol–water partition coefficient (Wildman–Crippen LogP) is 1.20. The van der Waals surface area contributed by atoms with Crippen LogP contribution in [-0.4, -0.2) is 61.8 Å². The Morgan fingerprint density at radius 3 is 2.52 bits per heavy atom. The summed E-state index contributed by atoms with van der Waals surface area (Å²) >= 11 is 0. The molecule has 1 amide bonds. The number of hydrogen-bond acceptors (Lipinski definition) is 4. The number of hydrogen-bond donors (Lipinski definition) is 2. The van der Waals surface area contributed by atoms with Gasteiger partial charge in [-0.25, -0.2) is 0 Å². The van der Waals surface area contributed by atoms with Gasteiger partial charge in [0.15, 0.2) is 0 Å². The number of piperidine rings is 1. The average molecular weight is 342 g/mol. The zero-order valence-corrected chi connectivity index (χ0v) is 14.7. The van der Waals surface area contributed by atoms with Crippen LogP contribution in [-0.2, 0) is 9.53 Å². The first-order chi connectivity index (χ1) is 9.09. The van der Waals surface area contributed by atoms with Crippen molar-refractivity contribution in [1.82, 2.24) is 15.5 Å². The number of amides is 1. The maximum atomic E-state index is 12.1. The molecule has 2 fully saturated rings. The molecule has 2 rings (SSSR count). The first-order valence-electron chi connectivity index (χ1n) is 7.43. The van der Waals surface area contributed by atoms with Crippen molar-refractivity contribution < 1.29 is 9.53 Å². The normalized spacial score (nSPS) is 23.6. The molecule has 0 spiro atoms. The molecule has 0 aromatic heterocycles. The molecule has 2 aliphatic heterocycles. The Kier molecular flexibility index (Phi) is 9.81. The average Bonchev–Trinajstić information content (AvgIpc) is 2.47. The zero-order valence-electron chi connectivity index (χ0n) is 13.0. The van der Waals surface area contributed by atoms with E-state index < -0.39 is 0 Å². The second-order valence-corrected chi connectivity index (χ2v) is 6.13. The zero-order chi connectivity index (χ0) is 13.7. The minimum absolute atomic E-state index is 0. The first-order valence-corrected chi connectivity index (χ1v) is 7.43. The largest absolute Gasteiger partial charge is 0.379 e. The third-order valence-electron chi connectivity index (χ3n) is 4.19. The Balaban J connectivity index is 0.00000200. The van der Waals surface area contributed by atoms with E-state index in [1.165, 1.54) is 6.42 Å². The van der Waals surface area contributed by atoms with E-state index in [2.05, 4.69) is 29.4 Å². The second-order valence-electron chi connectivity index (χ2n) is 6.13. The lowest BCUT2D eigenvalue weighted by Gasteiger charge is -2.41. The van der Waals surface area contributed by atoms with Gasteiger partial charge in [-0.15, -0.1) is 24.8 Å². The van der Waals surface area contributed by atoms with Gasteiger partial charge in [-0.2, -0.15) is 0 Å². The summed E-state index contributed by atoms with van der Waals surface area (Å²) in [5.41, 5.74) is -0.00585. The number of carbonyl (C=O) groups is 1. The molecule has 1 atom stereocenters. The van der Waals surface area contributed by atoms with Gasteiger partial charge in [-0.1, -0.05) is 6.42 Å². The Hall–Kier alpha value is -0.0700. The molecule has 7 heteroatoms. The number of carbonyl (C=O) groups excluding carboxylic acids is 1. The maximum absolute atomic E-state index is 12.1. The Labute approximate surface area is 140 Å². The summed E-state index contributed by atoms with van der Waals surface area (Å²) in [4.78, 5) is 14.5. The van der Waals surface area contributed by atoms with Gasteiger partial charge in [0.25, 0.3) is 0 Å². The summed E-state index contributed by atoms with van der Waals surface area (Å²) in [7, 11) is 0. The van der Waals surface area contributed by atoms with Crippen molar-refractivity contribution in [3.63, 3.8) is 0 Å². The van der Waals surface area contributed by atoms with E-state index in [0.29, 0.717) is 6.54 Å². The third kappa shape index (κ3) is 6.28. The molecule has 0 aromatic carbocycles. The molecule has 2 aliphatic rings. The van der Waals surface area contributed by atoms with Crippen LogP contribution >= 0.6 is 24.8 Å². The lowest BCUT2D eigenvalue weighted by atomic mass is 10.0. The molecule has 0 saturated carbocycles. The van der Waals surface area contributed by atoms with E-state index in [9.17, 15) is 4.79 Å². The summed E-state index contributed by atoms with van der Waals surface area (Å²) in [6, 6.07) is 0.00855. The van der Waals surface area contributed by atoms with Gasteiger partial charge >= 0.3 is 0 Å². The monoisotopic (exact) mass is 341 g/mol. The lowest BCUT2D eigenvalue weighted by Crippen LogP contribution is -2.57. The Morgan fingerprint density at radius 2 is 1.95 bits per heavy atom. The van der Waals surface area contributed by atoms with E-state index in [0.717, 1.165) is 45.7 Å². The first kappa shape index (κ1) is 20.9. The highest BCUT2D eigenvalue weighted by Crippen LogP contribution is 2.15. The van der Waals surface area contributed by atoms with Crippen LogP contribution in [0.25, 0.3) is 0 Å². The molecule has 0 unspecified atom stereocenters. The topological polar surface area (TPSA) is 53.6 Å². The number of rotatable bonds is 4. The van der Waals surface area contributed by atoms with Crippen molar-refractivity contribution in [3.8, 4) is 0 Å². The summed E-state index contributed by atoms with van der Waals surface area (Å²) in [6.07, 6.45) is 3.30. The molecule has 0 aromatic rings. The standard InChI is InChI=1S/C14H27N3O2.2ClH/c1-14(2,17-7-9-19-10-8-17)11-16-13(18)12-5-3-4-6-15-12;;/h12,15H,3-11H2,1-2H3,(H,16,18);2*1H/t12-;;/m1../s1. The van der Waals surface area contributed by atoms with E-state index >= 15 is 0 Å². The van der Waals surface area contributed by atoms with Crippen LogP contribution in [0.4, 0.5) is 0 Å². The highest BCUT2D eigenvalue weighted by Gasteiger charge is 2.29. The van der Waals surface area contributed by atoms with Gasteiger partial charge in [0, 0.05) is 25.2 Å². The van der Waals surface area contributed by atoms with Crippen LogP contribution in [0, 0.1) is 0 Å². The fourth-order valence-electron chi connectivity index (χ4n) is 2.78. The van der Waals surface area contributed by atoms with E-state index in [1.54, 1.807) is 0 Å². The Morgan fingerprint density at radius 1 is 1.29 bits per heavy atom. The van der Waals surface area contributed by atoms with Gasteiger partial charge in [0.05, 0.1) is 19.3 Å².